The molecule has 19 heavy (non-hydrogen) atoms. The van der Waals surface area contributed by atoms with E-state index in [2.05, 4.69) is 10.1 Å². The quantitative estimate of drug-likeness (QED) is 0.857. The second-order valence-corrected chi connectivity index (χ2v) is 4.05. The van der Waals surface area contributed by atoms with E-state index in [1.807, 2.05) is 12.1 Å². The number of esters is 1. The Morgan fingerprint density at radius 2 is 1.95 bits per heavy atom. The average molecular weight is 259 g/mol. The lowest BCUT2D eigenvalue weighted by molar-refractivity contribution is 0.0600. The van der Waals surface area contributed by atoms with Gasteiger partial charge in [-0.05, 0) is 35.9 Å². The summed E-state index contributed by atoms with van der Waals surface area (Å²) < 4.78 is 17.6. The highest BCUT2D eigenvalue weighted by atomic mass is 19.1. The van der Waals surface area contributed by atoms with E-state index < -0.39 is 0 Å². The van der Waals surface area contributed by atoms with E-state index in [4.69, 9.17) is 0 Å². The molecule has 0 spiro atoms. The lowest BCUT2D eigenvalue weighted by Gasteiger charge is -2.07. The van der Waals surface area contributed by atoms with Crippen LogP contribution in [0.5, 0.6) is 0 Å². The van der Waals surface area contributed by atoms with E-state index in [-0.39, 0.29) is 11.8 Å². The predicted octanol–water partition coefficient (Wildman–Crippen LogP) is 3.22. The first kappa shape index (κ1) is 13.1. The van der Waals surface area contributed by atoms with Crippen molar-refractivity contribution in [2.24, 2.45) is 0 Å². The summed E-state index contributed by atoms with van der Waals surface area (Å²) in [5.41, 5.74) is 2.23. The predicted molar refractivity (Wildman–Crippen MR) is 71.5 cm³/mol. The van der Waals surface area contributed by atoms with Crippen LogP contribution in [0.2, 0.25) is 0 Å². The number of hydrogen-bond donors (Lipinski definition) is 1. The molecule has 2 aromatic rings. The summed E-state index contributed by atoms with van der Waals surface area (Å²) >= 11 is 0. The largest absolute Gasteiger partial charge is 0.465 e. The van der Waals surface area contributed by atoms with Gasteiger partial charge in [-0.3, -0.25) is 0 Å². The van der Waals surface area contributed by atoms with Crippen LogP contribution in [0.3, 0.4) is 0 Å². The van der Waals surface area contributed by atoms with E-state index in [0.29, 0.717) is 12.1 Å². The summed E-state index contributed by atoms with van der Waals surface area (Å²) in [5.74, 6) is -0.629. The van der Waals surface area contributed by atoms with Gasteiger partial charge in [-0.2, -0.15) is 0 Å². The highest BCUT2D eigenvalue weighted by Crippen LogP contribution is 2.12. The fourth-order valence-corrected chi connectivity index (χ4v) is 1.68. The first-order valence-electron chi connectivity index (χ1n) is 5.86. The van der Waals surface area contributed by atoms with Gasteiger partial charge >= 0.3 is 5.97 Å². The Bertz CT molecular complexity index is 567. The fraction of sp³-hybridized carbons (Fsp3) is 0.133. The Balaban J connectivity index is 1.98. The number of carbonyl (C=O) groups excluding carboxylic acids is 1. The molecule has 0 atom stereocenters. The lowest BCUT2D eigenvalue weighted by Crippen LogP contribution is -2.03. The van der Waals surface area contributed by atoms with Crippen molar-refractivity contribution in [1.82, 2.24) is 0 Å². The molecule has 0 radical (unpaired) electrons. The van der Waals surface area contributed by atoms with Gasteiger partial charge in [0.1, 0.15) is 5.82 Å². The van der Waals surface area contributed by atoms with Crippen molar-refractivity contribution in [3.8, 4) is 0 Å². The van der Waals surface area contributed by atoms with Crippen molar-refractivity contribution in [2.45, 2.75) is 6.54 Å². The maximum atomic E-state index is 13.0. The number of rotatable bonds is 4. The van der Waals surface area contributed by atoms with E-state index in [0.717, 1.165) is 11.3 Å². The number of carbonyl (C=O) groups is 1. The van der Waals surface area contributed by atoms with E-state index in [1.54, 1.807) is 24.3 Å². The third-order valence-electron chi connectivity index (χ3n) is 2.70. The third kappa shape index (κ3) is 3.55. The number of anilines is 1. The summed E-state index contributed by atoms with van der Waals surface area (Å²) in [5, 5.41) is 3.11. The van der Waals surface area contributed by atoms with Gasteiger partial charge in [0.05, 0.1) is 12.7 Å². The van der Waals surface area contributed by atoms with Crippen LogP contribution in [-0.2, 0) is 11.3 Å². The Morgan fingerprint density at radius 1 is 1.21 bits per heavy atom. The Kier molecular flexibility index (Phi) is 4.13. The van der Waals surface area contributed by atoms with Gasteiger partial charge < -0.3 is 10.1 Å². The monoisotopic (exact) mass is 259 g/mol. The molecule has 0 aromatic heterocycles. The zero-order valence-corrected chi connectivity index (χ0v) is 10.5. The minimum atomic E-state index is -0.357. The maximum absolute atomic E-state index is 13.0. The van der Waals surface area contributed by atoms with Crippen LogP contribution in [0.15, 0.2) is 48.5 Å². The Hall–Kier alpha value is -2.36. The molecule has 2 rings (SSSR count). The average Bonchev–Trinajstić information content (AvgIpc) is 2.45. The summed E-state index contributed by atoms with van der Waals surface area (Å²) in [7, 11) is 1.35. The SMILES string of the molecule is COC(=O)c1ccc(CNc2cccc(F)c2)cc1. The molecule has 0 saturated carbocycles. The van der Waals surface area contributed by atoms with Gasteiger partial charge in [-0.15, -0.1) is 0 Å². The van der Waals surface area contributed by atoms with Crippen LogP contribution in [0.4, 0.5) is 10.1 Å². The van der Waals surface area contributed by atoms with Gasteiger partial charge in [0, 0.05) is 12.2 Å². The molecule has 98 valence electrons. The minimum Gasteiger partial charge on any atom is -0.465 e. The van der Waals surface area contributed by atoms with Gasteiger partial charge in [-0.25, -0.2) is 9.18 Å². The second kappa shape index (κ2) is 6.00. The molecule has 0 aliphatic carbocycles. The van der Waals surface area contributed by atoms with Gasteiger partial charge in [0.15, 0.2) is 0 Å². The summed E-state index contributed by atoms with van der Waals surface area (Å²) in [4.78, 5) is 11.3. The molecule has 0 unspecified atom stereocenters. The highest BCUT2D eigenvalue weighted by molar-refractivity contribution is 5.89. The van der Waals surface area contributed by atoms with Crippen LogP contribution in [0.25, 0.3) is 0 Å². The van der Waals surface area contributed by atoms with Crippen molar-refractivity contribution in [3.05, 3.63) is 65.5 Å². The van der Waals surface area contributed by atoms with Crippen LogP contribution in [-0.4, -0.2) is 13.1 Å². The molecule has 3 nitrogen and oxygen atoms in total. The topological polar surface area (TPSA) is 38.3 Å². The van der Waals surface area contributed by atoms with E-state index in [9.17, 15) is 9.18 Å². The van der Waals surface area contributed by atoms with Crippen LogP contribution < -0.4 is 5.32 Å². The standard InChI is InChI=1S/C15H14FNO2/c1-19-15(18)12-7-5-11(6-8-12)10-17-14-4-2-3-13(16)9-14/h2-9,17H,10H2,1H3. The number of hydrogen-bond acceptors (Lipinski definition) is 3. The Morgan fingerprint density at radius 3 is 2.58 bits per heavy atom. The molecule has 0 aliphatic heterocycles. The molecule has 1 N–H and O–H groups in total. The third-order valence-corrected chi connectivity index (χ3v) is 2.70. The van der Waals surface area contributed by atoms with Gasteiger partial charge in [0.2, 0.25) is 0 Å². The molecule has 4 heteroatoms. The van der Waals surface area contributed by atoms with Crippen molar-refractivity contribution >= 4 is 11.7 Å². The van der Waals surface area contributed by atoms with Gasteiger partial charge in [0.25, 0.3) is 0 Å². The first-order chi connectivity index (χ1) is 9.19. The van der Waals surface area contributed by atoms with Crippen LogP contribution in [0.1, 0.15) is 15.9 Å². The molecule has 0 amide bonds. The van der Waals surface area contributed by atoms with E-state index in [1.165, 1.54) is 19.2 Å². The second-order valence-electron chi connectivity index (χ2n) is 4.05. The first-order valence-corrected chi connectivity index (χ1v) is 5.86. The van der Waals surface area contributed by atoms with Gasteiger partial charge in [-0.1, -0.05) is 18.2 Å². The maximum Gasteiger partial charge on any atom is 0.337 e. The summed E-state index contributed by atoms with van der Waals surface area (Å²) in [6.45, 7) is 0.560. The fourth-order valence-electron chi connectivity index (χ4n) is 1.68. The molecule has 0 heterocycles. The minimum absolute atomic E-state index is 0.272. The summed E-state index contributed by atoms with van der Waals surface area (Å²) in [6.07, 6.45) is 0. The van der Waals surface area contributed by atoms with Crippen molar-refractivity contribution in [1.29, 1.82) is 0 Å². The molecular weight excluding hydrogens is 245 g/mol. The Labute approximate surface area is 111 Å². The van der Waals surface area contributed by atoms with Crippen LogP contribution >= 0.6 is 0 Å². The molecular formula is C15H14FNO2. The van der Waals surface area contributed by atoms with Crippen molar-refractivity contribution in [2.75, 3.05) is 12.4 Å². The molecule has 0 aliphatic rings. The number of ether oxygens (including phenoxy) is 1. The van der Waals surface area contributed by atoms with Crippen LogP contribution in [0, 0.1) is 5.82 Å². The zero-order valence-electron chi connectivity index (χ0n) is 10.5. The van der Waals surface area contributed by atoms with Crippen molar-refractivity contribution in [3.63, 3.8) is 0 Å². The molecule has 0 bridgehead atoms. The molecule has 2 aromatic carbocycles. The highest BCUT2D eigenvalue weighted by Gasteiger charge is 2.04. The number of methoxy groups -OCH3 is 1. The smallest absolute Gasteiger partial charge is 0.337 e. The lowest BCUT2D eigenvalue weighted by atomic mass is 10.1. The number of benzene rings is 2. The zero-order chi connectivity index (χ0) is 13.7. The molecule has 0 saturated heterocycles. The number of halogens is 1. The number of nitrogens with one attached hydrogen (secondary N) is 1. The normalized spacial score (nSPS) is 10.0. The van der Waals surface area contributed by atoms with E-state index >= 15 is 0 Å². The van der Waals surface area contributed by atoms with Crippen molar-refractivity contribution < 1.29 is 13.9 Å². The summed E-state index contributed by atoms with van der Waals surface area (Å²) in [6, 6.07) is 13.4. The molecule has 0 fully saturated rings.